The van der Waals surface area contributed by atoms with E-state index in [1.807, 2.05) is 20.8 Å². The van der Waals surface area contributed by atoms with Crippen LogP contribution < -0.4 is 33.2 Å². The van der Waals surface area contributed by atoms with Crippen molar-refractivity contribution in [2.75, 3.05) is 6.54 Å². The number of aliphatic imine (C=N–C) groups is 1. The van der Waals surface area contributed by atoms with E-state index in [-0.39, 0.29) is 37.2 Å². The maximum atomic E-state index is 13.3. The first-order valence-electron chi connectivity index (χ1n) is 12.8. The van der Waals surface area contributed by atoms with Crippen LogP contribution in [0.1, 0.15) is 59.1 Å². The van der Waals surface area contributed by atoms with Crippen molar-refractivity contribution in [2.45, 2.75) is 84.0 Å². The Balaban J connectivity index is 3.14. The zero-order valence-corrected chi connectivity index (χ0v) is 22.6. The predicted molar refractivity (Wildman–Crippen MR) is 143 cm³/mol. The number of amides is 3. The molecule has 11 N–H and O–H groups in total. The molecule has 1 aromatic heterocycles. The number of nitrogens with zero attached hydrogens (tertiary/aromatic N) is 2. The standard InChI is InChI=1S/C24H43N9O5/c1-5-13(3)18(25)22(36)31-16(8-7-9-29-24(26)27)20(34)32-17(10-15-11-28-12-30-15)21(35)33-19(23(37)38)14(4)6-2/h11-14,16-19H,5-10,25H2,1-4H3,(H,28,30)(H,31,36)(H,32,34)(H,33,35)(H,37,38)(H4,26,27,29). The number of carboxylic acid groups (broad SMARTS) is 1. The van der Waals surface area contributed by atoms with Crippen LogP contribution in [-0.4, -0.2) is 75.4 Å². The fourth-order valence-electron chi connectivity index (χ4n) is 3.59. The Morgan fingerprint density at radius 3 is 2.13 bits per heavy atom. The van der Waals surface area contributed by atoms with Crippen molar-refractivity contribution in [3.8, 4) is 0 Å². The zero-order valence-electron chi connectivity index (χ0n) is 22.6. The molecular formula is C24H43N9O5. The number of aromatic nitrogens is 2. The van der Waals surface area contributed by atoms with E-state index in [1.165, 1.54) is 12.5 Å². The minimum Gasteiger partial charge on any atom is -0.480 e. The fraction of sp³-hybridized carbons (Fsp3) is 0.667. The summed E-state index contributed by atoms with van der Waals surface area (Å²) in [4.78, 5) is 61.7. The number of hydrogen-bond donors (Lipinski definition) is 8. The van der Waals surface area contributed by atoms with E-state index in [0.717, 1.165) is 0 Å². The third-order valence-corrected chi connectivity index (χ3v) is 6.53. The topological polar surface area (TPSA) is 244 Å². The van der Waals surface area contributed by atoms with Crippen molar-refractivity contribution in [3.63, 3.8) is 0 Å². The minimum absolute atomic E-state index is 0.0193. The first-order chi connectivity index (χ1) is 17.9. The largest absolute Gasteiger partial charge is 0.480 e. The lowest BCUT2D eigenvalue weighted by molar-refractivity contribution is -0.143. The number of aliphatic carboxylic acids is 1. The zero-order chi connectivity index (χ0) is 28.8. The van der Waals surface area contributed by atoms with E-state index < -0.39 is 47.9 Å². The third-order valence-electron chi connectivity index (χ3n) is 6.53. The Kier molecular flexibility index (Phi) is 13.8. The number of rotatable bonds is 17. The van der Waals surface area contributed by atoms with E-state index in [0.29, 0.717) is 25.0 Å². The Morgan fingerprint density at radius 1 is 1.00 bits per heavy atom. The number of imidazole rings is 1. The number of carbonyl (C=O) groups is 4. The minimum atomic E-state index is -1.18. The highest BCUT2D eigenvalue weighted by atomic mass is 16.4. The molecule has 0 aromatic carbocycles. The van der Waals surface area contributed by atoms with Crippen molar-refractivity contribution in [3.05, 3.63) is 18.2 Å². The van der Waals surface area contributed by atoms with Crippen LogP contribution in [0.5, 0.6) is 0 Å². The maximum Gasteiger partial charge on any atom is 0.326 e. The summed E-state index contributed by atoms with van der Waals surface area (Å²) in [5, 5.41) is 17.5. The second kappa shape index (κ2) is 16.2. The molecule has 0 saturated carbocycles. The molecule has 0 aliphatic carbocycles. The molecule has 0 fully saturated rings. The molecule has 214 valence electrons. The van der Waals surface area contributed by atoms with Gasteiger partial charge < -0.3 is 43.2 Å². The highest BCUT2D eigenvalue weighted by Crippen LogP contribution is 2.10. The van der Waals surface area contributed by atoms with E-state index in [1.54, 1.807) is 6.92 Å². The quantitative estimate of drug-likeness (QED) is 0.0686. The van der Waals surface area contributed by atoms with E-state index in [4.69, 9.17) is 17.2 Å². The van der Waals surface area contributed by atoms with Gasteiger partial charge in [-0.05, 0) is 24.7 Å². The molecule has 14 nitrogen and oxygen atoms in total. The van der Waals surface area contributed by atoms with Crippen molar-refractivity contribution >= 4 is 29.7 Å². The van der Waals surface area contributed by atoms with Crippen molar-refractivity contribution in [2.24, 2.45) is 34.0 Å². The first-order valence-corrected chi connectivity index (χ1v) is 12.8. The number of H-pyrrole nitrogens is 1. The Hall–Kier alpha value is -3.68. The van der Waals surface area contributed by atoms with Gasteiger partial charge >= 0.3 is 5.97 Å². The van der Waals surface area contributed by atoms with Gasteiger partial charge in [0.2, 0.25) is 17.7 Å². The van der Waals surface area contributed by atoms with Crippen LogP contribution in [-0.2, 0) is 25.6 Å². The molecule has 1 aromatic rings. The highest BCUT2D eigenvalue weighted by molar-refractivity contribution is 5.94. The number of nitrogens with one attached hydrogen (secondary N) is 4. The van der Waals surface area contributed by atoms with Gasteiger partial charge in [0.15, 0.2) is 5.96 Å². The van der Waals surface area contributed by atoms with Gasteiger partial charge in [-0.25, -0.2) is 9.78 Å². The summed E-state index contributed by atoms with van der Waals surface area (Å²) < 4.78 is 0. The summed E-state index contributed by atoms with van der Waals surface area (Å²) in [5.74, 6) is -3.55. The van der Waals surface area contributed by atoms with Crippen LogP contribution in [0, 0.1) is 11.8 Å². The van der Waals surface area contributed by atoms with Crippen molar-refractivity contribution in [1.82, 2.24) is 25.9 Å². The van der Waals surface area contributed by atoms with Crippen LogP contribution in [0.15, 0.2) is 17.5 Å². The van der Waals surface area contributed by atoms with Crippen molar-refractivity contribution < 1.29 is 24.3 Å². The number of aromatic amines is 1. The first kappa shape index (κ1) is 32.3. The van der Waals surface area contributed by atoms with Crippen LogP contribution in [0.2, 0.25) is 0 Å². The highest BCUT2D eigenvalue weighted by Gasteiger charge is 2.32. The van der Waals surface area contributed by atoms with Gasteiger partial charge in [-0.15, -0.1) is 0 Å². The lowest BCUT2D eigenvalue weighted by Crippen LogP contribution is -2.58. The SMILES string of the molecule is CCC(C)C(N)C(=O)NC(CCCN=C(N)N)C(=O)NC(Cc1cnc[nH]1)C(=O)NC(C(=O)O)C(C)CC. The molecule has 0 saturated heterocycles. The fourth-order valence-corrected chi connectivity index (χ4v) is 3.59. The summed E-state index contributed by atoms with van der Waals surface area (Å²) in [5.41, 5.74) is 17.3. The van der Waals surface area contributed by atoms with E-state index in [2.05, 4.69) is 30.9 Å². The molecule has 3 amide bonds. The Bertz CT molecular complexity index is 934. The Morgan fingerprint density at radius 2 is 1.61 bits per heavy atom. The van der Waals surface area contributed by atoms with Gasteiger partial charge in [-0.3, -0.25) is 19.4 Å². The molecule has 1 rings (SSSR count). The normalized spacial score (nSPS) is 15.7. The van der Waals surface area contributed by atoms with E-state index >= 15 is 0 Å². The number of carboxylic acids is 1. The monoisotopic (exact) mass is 537 g/mol. The summed E-state index contributed by atoms with van der Waals surface area (Å²) in [6, 6.07) is -4.15. The van der Waals surface area contributed by atoms with E-state index in [9.17, 15) is 24.3 Å². The number of hydrogen-bond acceptors (Lipinski definition) is 7. The molecule has 14 heteroatoms. The van der Waals surface area contributed by atoms with Crippen LogP contribution in [0.4, 0.5) is 0 Å². The average Bonchev–Trinajstić information content (AvgIpc) is 3.39. The number of nitrogens with two attached hydrogens (primary N) is 3. The third kappa shape index (κ3) is 10.7. The molecule has 6 unspecified atom stereocenters. The molecule has 0 bridgehead atoms. The van der Waals surface area contributed by atoms with Gasteiger partial charge in [0, 0.05) is 24.9 Å². The summed E-state index contributed by atoms with van der Waals surface area (Å²) in [6.07, 6.45) is 4.67. The molecule has 38 heavy (non-hydrogen) atoms. The molecular weight excluding hydrogens is 494 g/mol. The summed E-state index contributed by atoms with van der Waals surface area (Å²) >= 11 is 0. The second-order valence-corrected chi connectivity index (χ2v) is 9.47. The maximum absolute atomic E-state index is 13.3. The van der Waals surface area contributed by atoms with Gasteiger partial charge in [-0.1, -0.05) is 40.5 Å². The lowest BCUT2D eigenvalue weighted by Gasteiger charge is -2.27. The molecule has 1 heterocycles. The lowest BCUT2D eigenvalue weighted by atomic mass is 9.98. The number of guanidine groups is 1. The molecule has 0 spiro atoms. The second-order valence-electron chi connectivity index (χ2n) is 9.47. The predicted octanol–water partition coefficient (Wildman–Crippen LogP) is -1.04. The van der Waals surface area contributed by atoms with Crippen molar-refractivity contribution in [1.29, 1.82) is 0 Å². The van der Waals surface area contributed by atoms with Crippen LogP contribution in [0.3, 0.4) is 0 Å². The van der Waals surface area contributed by atoms with Gasteiger partial charge in [0.05, 0.1) is 12.4 Å². The van der Waals surface area contributed by atoms with Gasteiger partial charge in [-0.2, -0.15) is 0 Å². The average molecular weight is 538 g/mol. The molecule has 6 atom stereocenters. The van der Waals surface area contributed by atoms with Gasteiger partial charge in [0.25, 0.3) is 0 Å². The smallest absolute Gasteiger partial charge is 0.326 e. The number of carbonyl (C=O) groups excluding carboxylic acids is 3. The summed E-state index contributed by atoms with van der Waals surface area (Å²) in [6.45, 7) is 7.49. The van der Waals surface area contributed by atoms with Crippen LogP contribution in [0.25, 0.3) is 0 Å². The molecule has 0 radical (unpaired) electrons. The molecule has 0 aliphatic rings. The van der Waals surface area contributed by atoms with Gasteiger partial charge in [0.1, 0.15) is 18.1 Å². The summed E-state index contributed by atoms with van der Waals surface area (Å²) in [7, 11) is 0. The van der Waals surface area contributed by atoms with Crippen LogP contribution >= 0.6 is 0 Å². The Labute approximate surface area is 223 Å². The molecule has 0 aliphatic heterocycles.